The zero-order valence-electron chi connectivity index (χ0n) is 13.5. The molecule has 0 amide bonds. The van der Waals surface area contributed by atoms with Gasteiger partial charge in [0.2, 0.25) is 0 Å². The number of hydrogen-bond acceptors (Lipinski definition) is 4. The lowest BCUT2D eigenvalue weighted by molar-refractivity contribution is 0.0566. The molecule has 0 aliphatic heterocycles. The maximum Gasteiger partial charge on any atom is 0.307 e. The van der Waals surface area contributed by atoms with Crippen molar-refractivity contribution in [2.24, 2.45) is 7.05 Å². The highest BCUT2D eigenvalue weighted by molar-refractivity contribution is 7.16. The predicted molar refractivity (Wildman–Crippen MR) is 94.7 cm³/mol. The molecule has 1 heterocycles. The van der Waals surface area contributed by atoms with Crippen molar-refractivity contribution in [2.75, 3.05) is 6.54 Å². The smallest absolute Gasteiger partial charge is 0.307 e. The Kier molecular flexibility index (Phi) is 4.54. The number of benzene rings is 2. The molecule has 1 unspecified atom stereocenters. The van der Waals surface area contributed by atoms with Gasteiger partial charge in [0, 0.05) is 20.1 Å². The molecule has 3 aromatic rings. The molecule has 0 fully saturated rings. The van der Waals surface area contributed by atoms with Gasteiger partial charge in [0.25, 0.3) is 0 Å². The first-order valence-corrected chi connectivity index (χ1v) is 8.46. The lowest BCUT2D eigenvalue weighted by Gasteiger charge is -2.24. The normalized spacial score (nSPS) is 14.0. The Balaban J connectivity index is 1.67. The molecule has 1 aromatic heterocycles. The molecule has 6 heteroatoms. The van der Waals surface area contributed by atoms with E-state index < -0.39 is 5.60 Å². The van der Waals surface area contributed by atoms with Gasteiger partial charge in [0.15, 0.2) is 0 Å². The third-order valence-electron chi connectivity index (χ3n) is 4.12. The summed E-state index contributed by atoms with van der Waals surface area (Å²) in [5, 5.41) is 13.8. The number of nitrogens with zero attached hydrogens (tertiary/aromatic N) is 1. The van der Waals surface area contributed by atoms with Gasteiger partial charge in [-0.05, 0) is 42.3 Å². The summed E-state index contributed by atoms with van der Waals surface area (Å²) in [7, 11) is 1.76. The largest absolute Gasteiger partial charge is 0.384 e. The maximum atomic E-state index is 13.0. The molecule has 2 N–H and O–H groups in total. The Morgan fingerprint density at radius 3 is 2.67 bits per heavy atom. The number of nitrogens with one attached hydrogen (secondary N) is 1. The molecule has 126 valence electrons. The van der Waals surface area contributed by atoms with Crippen molar-refractivity contribution in [3.8, 4) is 0 Å². The Hall–Kier alpha value is -2.02. The summed E-state index contributed by atoms with van der Waals surface area (Å²) >= 11 is 1.22. The van der Waals surface area contributed by atoms with Crippen LogP contribution < -0.4 is 10.2 Å². The monoisotopic (exact) mass is 346 g/mol. The fraction of sp³-hybridized carbons (Fsp3) is 0.278. The first-order valence-electron chi connectivity index (χ1n) is 7.64. The van der Waals surface area contributed by atoms with Crippen molar-refractivity contribution in [1.29, 1.82) is 0 Å². The standard InChI is InChI=1S/C18H19FN2O2S/c1-18(23,13-4-6-14(19)7-5-13)11-20-10-12-3-8-15-16(9-12)24-17(22)21(15)2/h3-9,20,23H,10-11H2,1-2H3. The Labute approximate surface area is 143 Å². The number of thiazole rings is 1. The van der Waals surface area contributed by atoms with E-state index in [1.54, 1.807) is 30.7 Å². The first kappa shape index (κ1) is 16.8. The molecule has 0 saturated heterocycles. The van der Waals surface area contributed by atoms with Crippen LogP contribution >= 0.6 is 11.3 Å². The number of aromatic nitrogens is 1. The van der Waals surface area contributed by atoms with E-state index in [-0.39, 0.29) is 10.7 Å². The second-order valence-electron chi connectivity index (χ2n) is 6.11. The van der Waals surface area contributed by atoms with E-state index in [2.05, 4.69) is 5.32 Å². The van der Waals surface area contributed by atoms with Crippen LogP contribution in [0.4, 0.5) is 4.39 Å². The van der Waals surface area contributed by atoms with Gasteiger partial charge >= 0.3 is 4.87 Å². The second kappa shape index (κ2) is 6.47. The van der Waals surface area contributed by atoms with Crippen LogP contribution in [0.2, 0.25) is 0 Å². The molecular weight excluding hydrogens is 327 g/mol. The van der Waals surface area contributed by atoms with Gasteiger partial charge in [0.1, 0.15) is 5.82 Å². The first-order chi connectivity index (χ1) is 11.4. The summed E-state index contributed by atoms with van der Waals surface area (Å²) in [5.74, 6) is -0.322. The van der Waals surface area contributed by atoms with Gasteiger partial charge in [0.05, 0.1) is 15.8 Å². The van der Waals surface area contributed by atoms with Crippen LogP contribution in [0.1, 0.15) is 18.1 Å². The molecular formula is C18H19FN2O2S. The zero-order valence-corrected chi connectivity index (χ0v) is 14.4. The van der Waals surface area contributed by atoms with Crippen LogP contribution in [0.5, 0.6) is 0 Å². The minimum Gasteiger partial charge on any atom is -0.384 e. The molecule has 3 rings (SSSR count). The Morgan fingerprint density at radius 1 is 1.25 bits per heavy atom. The number of fused-ring (bicyclic) bond motifs is 1. The highest BCUT2D eigenvalue weighted by Gasteiger charge is 2.22. The second-order valence-corrected chi connectivity index (χ2v) is 7.11. The summed E-state index contributed by atoms with van der Waals surface area (Å²) in [6.07, 6.45) is 0. The zero-order chi connectivity index (χ0) is 17.3. The number of aliphatic hydroxyl groups is 1. The van der Waals surface area contributed by atoms with Gasteiger partial charge in [-0.3, -0.25) is 4.79 Å². The molecule has 0 saturated carbocycles. The average Bonchev–Trinajstić information content (AvgIpc) is 2.82. The number of halogens is 1. The van der Waals surface area contributed by atoms with E-state index in [1.165, 1.54) is 23.5 Å². The van der Waals surface area contributed by atoms with Crippen LogP contribution in [-0.4, -0.2) is 16.2 Å². The number of hydrogen-bond donors (Lipinski definition) is 2. The quantitative estimate of drug-likeness (QED) is 0.747. The number of aryl methyl sites for hydroxylation is 1. The van der Waals surface area contributed by atoms with Crippen molar-refractivity contribution >= 4 is 21.6 Å². The van der Waals surface area contributed by atoms with Gasteiger partial charge in [-0.15, -0.1) is 0 Å². The minimum atomic E-state index is -1.09. The highest BCUT2D eigenvalue weighted by atomic mass is 32.1. The molecule has 0 aliphatic rings. The van der Waals surface area contributed by atoms with E-state index in [9.17, 15) is 14.3 Å². The van der Waals surface area contributed by atoms with Crippen LogP contribution in [0.15, 0.2) is 47.3 Å². The molecule has 0 radical (unpaired) electrons. The minimum absolute atomic E-state index is 0.0225. The van der Waals surface area contributed by atoms with E-state index in [0.29, 0.717) is 18.7 Å². The van der Waals surface area contributed by atoms with Crippen molar-refractivity contribution in [3.05, 3.63) is 69.1 Å². The van der Waals surface area contributed by atoms with E-state index in [1.807, 2.05) is 18.2 Å². The van der Waals surface area contributed by atoms with Crippen LogP contribution in [-0.2, 0) is 19.2 Å². The molecule has 4 nitrogen and oxygen atoms in total. The van der Waals surface area contributed by atoms with Gasteiger partial charge in [-0.1, -0.05) is 29.5 Å². The SMILES string of the molecule is Cn1c(=O)sc2cc(CNCC(C)(O)c3ccc(F)cc3)ccc21. The third kappa shape index (κ3) is 3.40. The summed E-state index contributed by atoms with van der Waals surface area (Å²) in [6, 6.07) is 11.7. The van der Waals surface area contributed by atoms with E-state index >= 15 is 0 Å². The summed E-state index contributed by atoms with van der Waals surface area (Å²) in [6.45, 7) is 2.60. The lowest BCUT2D eigenvalue weighted by Crippen LogP contribution is -2.35. The van der Waals surface area contributed by atoms with Crippen LogP contribution in [0, 0.1) is 5.82 Å². The van der Waals surface area contributed by atoms with E-state index in [4.69, 9.17) is 0 Å². The van der Waals surface area contributed by atoms with Crippen LogP contribution in [0.25, 0.3) is 10.2 Å². The molecule has 0 bridgehead atoms. The van der Waals surface area contributed by atoms with Crippen molar-refractivity contribution in [1.82, 2.24) is 9.88 Å². The third-order valence-corrected chi connectivity index (χ3v) is 5.12. The fourth-order valence-electron chi connectivity index (χ4n) is 2.65. The highest BCUT2D eigenvalue weighted by Crippen LogP contribution is 2.21. The summed E-state index contributed by atoms with van der Waals surface area (Å²) in [4.78, 5) is 11.7. The molecule has 0 aliphatic carbocycles. The summed E-state index contributed by atoms with van der Waals surface area (Å²) < 4.78 is 15.6. The molecule has 0 spiro atoms. The molecule has 24 heavy (non-hydrogen) atoms. The Morgan fingerprint density at radius 2 is 1.96 bits per heavy atom. The lowest BCUT2D eigenvalue weighted by atomic mass is 9.96. The molecule has 2 aromatic carbocycles. The van der Waals surface area contributed by atoms with Crippen LogP contribution in [0.3, 0.4) is 0 Å². The average molecular weight is 346 g/mol. The van der Waals surface area contributed by atoms with Crippen molar-refractivity contribution in [2.45, 2.75) is 19.1 Å². The molecule has 1 atom stereocenters. The van der Waals surface area contributed by atoms with Gasteiger partial charge < -0.3 is 15.0 Å². The summed E-state index contributed by atoms with van der Waals surface area (Å²) in [5.41, 5.74) is 1.54. The Bertz CT molecular complexity index is 913. The van der Waals surface area contributed by atoms with Gasteiger partial charge in [-0.25, -0.2) is 4.39 Å². The topological polar surface area (TPSA) is 54.3 Å². The van der Waals surface area contributed by atoms with Crippen molar-refractivity contribution < 1.29 is 9.50 Å². The fourth-order valence-corrected chi connectivity index (χ4v) is 3.59. The number of rotatable bonds is 5. The van der Waals surface area contributed by atoms with E-state index in [0.717, 1.165) is 15.8 Å². The van der Waals surface area contributed by atoms with Crippen molar-refractivity contribution in [3.63, 3.8) is 0 Å². The van der Waals surface area contributed by atoms with Gasteiger partial charge in [-0.2, -0.15) is 0 Å². The maximum absolute atomic E-state index is 13.0. The predicted octanol–water partition coefficient (Wildman–Crippen LogP) is 2.74.